The molecule has 0 heterocycles. The zero-order valence-electron chi connectivity index (χ0n) is 6.60. The zero-order chi connectivity index (χ0) is 9.14. The van der Waals surface area contributed by atoms with Crippen LogP contribution in [0.2, 0.25) is 5.02 Å². The van der Waals surface area contributed by atoms with Gasteiger partial charge in [0.1, 0.15) is 0 Å². The maximum absolute atomic E-state index is 10.8. The Kier molecular flexibility index (Phi) is 2.55. The number of nitrogens with one attached hydrogen (secondary N) is 1. The minimum Gasteiger partial charge on any atom is -0.388 e. The predicted octanol–water partition coefficient (Wildman–Crippen LogP) is 1.48. The summed E-state index contributed by atoms with van der Waals surface area (Å²) >= 11 is 5.72. The van der Waals surface area contributed by atoms with E-state index in [1.54, 1.807) is 25.2 Å². The van der Waals surface area contributed by atoms with E-state index in [0.29, 0.717) is 10.6 Å². The third-order valence-electron chi connectivity index (χ3n) is 1.52. The second kappa shape index (κ2) is 3.45. The first-order chi connectivity index (χ1) is 5.65. The van der Waals surface area contributed by atoms with E-state index in [1.165, 1.54) is 0 Å². The lowest BCUT2D eigenvalue weighted by atomic mass is 10.2. The van der Waals surface area contributed by atoms with E-state index in [9.17, 15) is 4.79 Å². The van der Waals surface area contributed by atoms with Crippen LogP contribution in [-0.2, 0) is 0 Å². The van der Waals surface area contributed by atoms with Crippen LogP contribution in [0.4, 0.5) is 5.69 Å². The zero-order valence-corrected chi connectivity index (χ0v) is 7.35. The lowest BCUT2D eigenvalue weighted by Gasteiger charge is -2.03. The summed E-state index contributed by atoms with van der Waals surface area (Å²) in [7, 11) is 1.76. The molecule has 0 atom stereocenters. The van der Waals surface area contributed by atoms with Crippen LogP contribution in [0, 0.1) is 0 Å². The number of hydrogen-bond donors (Lipinski definition) is 2. The number of nitrogens with two attached hydrogens (primary N) is 1. The highest BCUT2D eigenvalue weighted by Crippen LogP contribution is 2.19. The Hall–Kier alpha value is -1.22. The van der Waals surface area contributed by atoms with Gasteiger partial charge < -0.3 is 11.1 Å². The molecular formula is C8H9ClN2O. The molecule has 1 rings (SSSR count). The molecule has 0 bridgehead atoms. The number of amides is 1. The van der Waals surface area contributed by atoms with Gasteiger partial charge in [0.2, 0.25) is 5.91 Å². The number of rotatable bonds is 2. The van der Waals surface area contributed by atoms with Gasteiger partial charge in [-0.2, -0.15) is 0 Å². The SMILES string of the molecule is CNc1ccc(Cl)c(C(N)=O)c1. The third-order valence-corrected chi connectivity index (χ3v) is 1.85. The highest BCUT2D eigenvalue weighted by molar-refractivity contribution is 6.33. The summed E-state index contributed by atoms with van der Waals surface area (Å²) in [5.74, 6) is -0.517. The van der Waals surface area contributed by atoms with E-state index in [4.69, 9.17) is 17.3 Å². The molecule has 0 aliphatic heterocycles. The summed E-state index contributed by atoms with van der Waals surface area (Å²) in [6, 6.07) is 5.02. The van der Waals surface area contributed by atoms with E-state index >= 15 is 0 Å². The van der Waals surface area contributed by atoms with Gasteiger partial charge in [-0.05, 0) is 18.2 Å². The fourth-order valence-corrected chi connectivity index (χ4v) is 1.08. The highest BCUT2D eigenvalue weighted by atomic mass is 35.5. The van der Waals surface area contributed by atoms with Crippen LogP contribution in [0.3, 0.4) is 0 Å². The molecule has 64 valence electrons. The number of hydrogen-bond acceptors (Lipinski definition) is 2. The first kappa shape index (κ1) is 8.87. The topological polar surface area (TPSA) is 55.1 Å². The van der Waals surface area contributed by atoms with E-state index in [1.807, 2.05) is 0 Å². The number of halogens is 1. The van der Waals surface area contributed by atoms with Gasteiger partial charge in [-0.15, -0.1) is 0 Å². The minimum atomic E-state index is -0.517. The van der Waals surface area contributed by atoms with Crippen molar-refractivity contribution in [2.45, 2.75) is 0 Å². The van der Waals surface area contributed by atoms with Gasteiger partial charge >= 0.3 is 0 Å². The van der Waals surface area contributed by atoms with Crippen molar-refractivity contribution in [3.63, 3.8) is 0 Å². The fourth-order valence-electron chi connectivity index (χ4n) is 0.870. The quantitative estimate of drug-likeness (QED) is 0.732. The molecule has 1 aromatic rings. The summed E-state index contributed by atoms with van der Waals surface area (Å²) in [6.45, 7) is 0. The fraction of sp³-hybridized carbons (Fsp3) is 0.125. The van der Waals surface area contributed by atoms with Crippen LogP contribution in [0.5, 0.6) is 0 Å². The van der Waals surface area contributed by atoms with Crippen molar-refractivity contribution in [1.29, 1.82) is 0 Å². The number of primary amides is 1. The lowest BCUT2D eigenvalue weighted by molar-refractivity contribution is 0.100. The average molecular weight is 185 g/mol. The van der Waals surface area contributed by atoms with Crippen molar-refractivity contribution in [1.82, 2.24) is 0 Å². The van der Waals surface area contributed by atoms with Crippen LogP contribution in [0.25, 0.3) is 0 Å². The summed E-state index contributed by atoms with van der Waals surface area (Å²) in [6.07, 6.45) is 0. The van der Waals surface area contributed by atoms with Crippen LogP contribution in [-0.4, -0.2) is 13.0 Å². The van der Waals surface area contributed by atoms with Crippen molar-refractivity contribution in [3.8, 4) is 0 Å². The predicted molar refractivity (Wildman–Crippen MR) is 49.5 cm³/mol. The molecule has 3 N–H and O–H groups in total. The van der Waals surface area contributed by atoms with Gasteiger partial charge in [-0.3, -0.25) is 4.79 Å². The normalized spacial score (nSPS) is 9.50. The Morgan fingerprint density at radius 3 is 2.75 bits per heavy atom. The number of anilines is 1. The average Bonchev–Trinajstić information content (AvgIpc) is 2.05. The Labute approximate surface area is 75.5 Å². The Morgan fingerprint density at radius 1 is 1.58 bits per heavy atom. The van der Waals surface area contributed by atoms with Crippen molar-refractivity contribution in [2.24, 2.45) is 5.73 Å². The van der Waals surface area contributed by atoms with E-state index < -0.39 is 5.91 Å². The van der Waals surface area contributed by atoms with E-state index in [0.717, 1.165) is 5.69 Å². The molecule has 1 amide bonds. The molecule has 0 aliphatic carbocycles. The van der Waals surface area contributed by atoms with Crippen molar-refractivity contribution in [3.05, 3.63) is 28.8 Å². The number of benzene rings is 1. The van der Waals surface area contributed by atoms with Crippen molar-refractivity contribution in [2.75, 3.05) is 12.4 Å². The van der Waals surface area contributed by atoms with Gasteiger partial charge in [-0.25, -0.2) is 0 Å². The van der Waals surface area contributed by atoms with E-state index in [2.05, 4.69) is 5.32 Å². The molecule has 0 unspecified atom stereocenters. The molecule has 0 radical (unpaired) electrons. The van der Waals surface area contributed by atoms with Crippen LogP contribution >= 0.6 is 11.6 Å². The minimum absolute atomic E-state index is 0.337. The molecule has 12 heavy (non-hydrogen) atoms. The Balaban J connectivity index is 3.17. The van der Waals surface area contributed by atoms with Crippen LogP contribution in [0.15, 0.2) is 18.2 Å². The number of carbonyl (C=O) groups is 1. The summed E-state index contributed by atoms with van der Waals surface area (Å²) < 4.78 is 0. The third kappa shape index (κ3) is 1.68. The standard InChI is InChI=1S/C8H9ClN2O/c1-11-5-2-3-7(9)6(4-5)8(10)12/h2-4,11H,1H3,(H2,10,12). The Morgan fingerprint density at radius 2 is 2.25 bits per heavy atom. The van der Waals surface area contributed by atoms with Crippen LogP contribution < -0.4 is 11.1 Å². The van der Waals surface area contributed by atoms with Gasteiger partial charge in [-0.1, -0.05) is 11.6 Å². The highest BCUT2D eigenvalue weighted by Gasteiger charge is 2.06. The first-order valence-corrected chi connectivity index (χ1v) is 3.80. The van der Waals surface area contributed by atoms with Crippen molar-refractivity contribution < 1.29 is 4.79 Å². The van der Waals surface area contributed by atoms with Gasteiger partial charge in [0, 0.05) is 12.7 Å². The maximum atomic E-state index is 10.8. The summed E-state index contributed by atoms with van der Waals surface area (Å²) in [5, 5.41) is 3.26. The molecular weight excluding hydrogens is 176 g/mol. The molecule has 0 aliphatic rings. The largest absolute Gasteiger partial charge is 0.388 e. The first-order valence-electron chi connectivity index (χ1n) is 3.42. The molecule has 0 saturated carbocycles. The molecule has 3 nitrogen and oxygen atoms in total. The van der Waals surface area contributed by atoms with Gasteiger partial charge in [0.15, 0.2) is 0 Å². The molecule has 0 saturated heterocycles. The lowest BCUT2D eigenvalue weighted by Crippen LogP contribution is -2.11. The maximum Gasteiger partial charge on any atom is 0.250 e. The molecule has 1 aromatic carbocycles. The van der Waals surface area contributed by atoms with E-state index in [-0.39, 0.29) is 0 Å². The molecule has 0 fully saturated rings. The summed E-state index contributed by atoms with van der Waals surface area (Å²) in [5.41, 5.74) is 6.24. The van der Waals surface area contributed by atoms with Crippen molar-refractivity contribution >= 4 is 23.2 Å². The van der Waals surface area contributed by atoms with Crippen LogP contribution in [0.1, 0.15) is 10.4 Å². The summed E-state index contributed by atoms with van der Waals surface area (Å²) in [4.78, 5) is 10.8. The van der Waals surface area contributed by atoms with Gasteiger partial charge in [0.05, 0.1) is 10.6 Å². The number of carbonyl (C=O) groups excluding carboxylic acids is 1. The smallest absolute Gasteiger partial charge is 0.250 e. The molecule has 0 aromatic heterocycles. The molecule has 0 spiro atoms. The van der Waals surface area contributed by atoms with Gasteiger partial charge in [0.25, 0.3) is 0 Å². The second-order valence-electron chi connectivity index (χ2n) is 2.31. The monoisotopic (exact) mass is 184 g/mol. The second-order valence-corrected chi connectivity index (χ2v) is 2.72. The molecule has 4 heteroatoms. The Bertz CT molecular complexity index is 312.